The van der Waals surface area contributed by atoms with Crippen molar-refractivity contribution in [2.45, 2.75) is 25.4 Å². The van der Waals surface area contributed by atoms with E-state index in [-0.39, 0.29) is 29.8 Å². The van der Waals surface area contributed by atoms with Gasteiger partial charge in [0.15, 0.2) is 35.2 Å². The normalized spacial score (nSPS) is 12.6. The topological polar surface area (TPSA) is 154 Å². The first-order chi connectivity index (χ1) is 17.0. The standard InChI is InChI=1S/C20H16BrClF3N9O2/c21-12-2-1-7-28-17(12)34-18(15(26)27)29-14(30-34)9-33-19(36)32(8-13(35)20(23,24)25)16(31-33)10-3-5-11(22)6-4-10/h1-7,13,35H,8-9H2,(H3,26,27)/t13-/m0/s1. The predicted molar refractivity (Wildman–Crippen MR) is 126 cm³/mol. The minimum absolute atomic E-state index is 0.0106. The zero-order valence-corrected chi connectivity index (χ0v) is 20.3. The van der Waals surface area contributed by atoms with Crippen LogP contribution in [0.5, 0.6) is 0 Å². The number of halogens is 5. The van der Waals surface area contributed by atoms with Gasteiger partial charge in [0.25, 0.3) is 0 Å². The molecule has 0 unspecified atom stereocenters. The highest BCUT2D eigenvalue weighted by Gasteiger charge is 2.39. The average molecular weight is 587 g/mol. The number of nitrogens with two attached hydrogens (primary N) is 1. The maximum absolute atomic E-state index is 13.1. The lowest BCUT2D eigenvalue weighted by atomic mass is 10.2. The number of nitrogens with one attached hydrogen (secondary N) is 1. The molecule has 1 atom stereocenters. The molecule has 1 aromatic carbocycles. The summed E-state index contributed by atoms with van der Waals surface area (Å²) in [4.78, 5) is 21.4. The Labute approximate surface area is 213 Å². The Hall–Kier alpha value is -3.56. The summed E-state index contributed by atoms with van der Waals surface area (Å²) in [7, 11) is 0. The maximum Gasteiger partial charge on any atom is 0.416 e. The number of nitrogen functional groups attached to an aromatic ring is 1. The van der Waals surface area contributed by atoms with Gasteiger partial charge >= 0.3 is 11.9 Å². The zero-order valence-electron chi connectivity index (χ0n) is 18.0. The monoisotopic (exact) mass is 585 g/mol. The molecule has 4 aromatic rings. The third-order valence-corrected chi connectivity index (χ3v) is 5.75. The van der Waals surface area contributed by atoms with E-state index in [0.717, 1.165) is 4.68 Å². The number of aromatic nitrogens is 7. The van der Waals surface area contributed by atoms with Gasteiger partial charge in [-0.05, 0) is 52.3 Å². The molecule has 3 heterocycles. The summed E-state index contributed by atoms with van der Waals surface area (Å²) >= 11 is 9.22. The number of rotatable bonds is 7. The number of hydrogen-bond donors (Lipinski definition) is 3. The van der Waals surface area contributed by atoms with E-state index in [9.17, 15) is 23.1 Å². The van der Waals surface area contributed by atoms with Crippen molar-refractivity contribution in [2.75, 3.05) is 0 Å². The highest BCUT2D eigenvalue weighted by molar-refractivity contribution is 9.10. The summed E-state index contributed by atoms with van der Waals surface area (Å²) in [6, 6.07) is 9.27. The molecule has 4 N–H and O–H groups in total. The number of aliphatic hydroxyl groups is 1. The third kappa shape index (κ3) is 5.17. The lowest BCUT2D eigenvalue weighted by Gasteiger charge is -2.15. The van der Waals surface area contributed by atoms with Crippen molar-refractivity contribution in [3.63, 3.8) is 0 Å². The van der Waals surface area contributed by atoms with Gasteiger partial charge in [0.1, 0.15) is 6.54 Å². The first kappa shape index (κ1) is 25.5. The van der Waals surface area contributed by atoms with E-state index in [0.29, 0.717) is 19.6 Å². The van der Waals surface area contributed by atoms with Gasteiger partial charge < -0.3 is 10.8 Å². The first-order valence-electron chi connectivity index (χ1n) is 10.0. The molecule has 0 bridgehead atoms. The summed E-state index contributed by atoms with van der Waals surface area (Å²) in [6.45, 7) is -1.45. The molecule has 0 aliphatic heterocycles. The van der Waals surface area contributed by atoms with Crippen LogP contribution in [0.25, 0.3) is 17.2 Å². The maximum atomic E-state index is 13.1. The van der Waals surface area contributed by atoms with E-state index in [1.54, 1.807) is 12.1 Å². The van der Waals surface area contributed by atoms with Crippen LogP contribution in [-0.4, -0.2) is 57.3 Å². The lowest BCUT2D eigenvalue weighted by molar-refractivity contribution is -0.207. The van der Waals surface area contributed by atoms with Crippen LogP contribution in [0.1, 0.15) is 11.6 Å². The fourth-order valence-electron chi connectivity index (χ4n) is 3.21. The second-order valence-electron chi connectivity index (χ2n) is 7.42. The quantitative estimate of drug-likeness (QED) is 0.222. The van der Waals surface area contributed by atoms with Crippen molar-refractivity contribution < 1.29 is 18.3 Å². The molecule has 3 aromatic heterocycles. The van der Waals surface area contributed by atoms with E-state index >= 15 is 0 Å². The van der Waals surface area contributed by atoms with E-state index in [2.05, 4.69) is 36.1 Å². The van der Waals surface area contributed by atoms with Gasteiger partial charge in [-0.2, -0.15) is 17.9 Å². The van der Waals surface area contributed by atoms with Crippen LogP contribution in [0, 0.1) is 5.41 Å². The minimum Gasteiger partial charge on any atom is -0.382 e. The second kappa shape index (κ2) is 9.83. The van der Waals surface area contributed by atoms with E-state index in [4.69, 9.17) is 22.7 Å². The van der Waals surface area contributed by atoms with Crippen LogP contribution in [-0.2, 0) is 13.1 Å². The molecule has 0 spiro atoms. The van der Waals surface area contributed by atoms with E-state index < -0.39 is 30.4 Å². The Morgan fingerprint density at radius 2 is 1.92 bits per heavy atom. The van der Waals surface area contributed by atoms with E-state index in [1.165, 1.54) is 35.1 Å². The number of alkyl halides is 3. The SMILES string of the molecule is N=C(N)c1nc(Cn2nc(-c3ccc(Cl)cc3)n(C[C@H](O)C(F)(F)F)c2=O)nn1-c1ncccc1Br. The van der Waals surface area contributed by atoms with Crippen molar-refractivity contribution in [2.24, 2.45) is 5.73 Å². The Morgan fingerprint density at radius 3 is 2.53 bits per heavy atom. The number of amidine groups is 1. The van der Waals surface area contributed by atoms with Crippen molar-refractivity contribution in [3.8, 4) is 17.2 Å². The van der Waals surface area contributed by atoms with Gasteiger partial charge in [0.05, 0.1) is 11.0 Å². The number of pyridine rings is 1. The Kier molecular flexibility index (Phi) is 6.97. The van der Waals surface area contributed by atoms with Gasteiger partial charge in [0.2, 0.25) is 0 Å². The molecule has 0 amide bonds. The van der Waals surface area contributed by atoms with Crippen LogP contribution < -0.4 is 11.4 Å². The summed E-state index contributed by atoms with van der Waals surface area (Å²) in [5.74, 6) is -0.363. The predicted octanol–water partition coefficient (Wildman–Crippen LogP) is 2.36. The van der Waals surface area contributed by atoms with Crippen molar-refractivity contribution >= 4 is 33.4 Å². The number of nitrogens with zero attached hydrogens (tertiary/aromatic N) is 7. The first-order valence-corrected chi connectivity index (χ1v) is 11.2. The van der Waals surface area contributed by atoms with Gasteiger partial charge in [-0.15, -0.1) is 10.2 Å². The largest absolute Gasteiger partial charge is 0.416 e. The molecule has 0 aliphatic rings. The van der Waals surface area contributed by atoms with Crippen molar-refractivity contribution in [1.82, 2.24) is 34.1 Å². The number of aliphatic hydroxyl groups excluding tert-OH is 1. The van der Waals surface area contributed by atoms with Gasteiger partial charge in [-0.25, -0.2) is 19.4 Å². The van der Waals surface area contributed by atoms with Crippen molar-refractivity contribution in [3.05, 3.63) is 74.2 Å². The zero-order chi connectivity index (χ0) is 26.2. The van der Waals surface area contributed by atoms with Crippen LogP contribution >= 0.6 is 27.5 Å². The smallest absolute Gasteiger partial charge is 0.382 e. The molecule has 0 fully saturated rings. The molecule has 0 radical (unpaired) electrons. The van der Waals surface area contributed by atoms with Gasteiger partial charge in [0, 0.05) is 16.8 Å². The molecule has 188 valence electrons. The number of hydrogen-bond acceptors (Lipinski definition) is 7. The van der Waals surface area contributed by atoms with Crippen LogP contribution in [0.3, 0.4) is 0 Å². The Bertz CT molecular complexity index is 1480. The summed E-state index contributed by atoms with van der Waals surface area (Å²) in [5.41, 5.74) is 4.99. The molecule has 16 heteroatoms. The molecule has 11 nitrogen and oxygen atoms in total. The van der Waals surface area contributed by atoms with Crippen LogP contribution in [0.4, 0.5) is 13.2 Å². The molecule has 4 rings (SSSR count). The molecule has 36 heavy (non-hydrogen) atoms. The second-order valence-corrected chi connectivity index (χ2v) is 8.72. The number of benzene rings is 1. The highest BCUT2D eigenvalue weighted by atomic mass is 79.9. The Balaban J connectivity index is 1.78. The molecule has 0 aliphatic carbocycles. The average Bonchev–Trinajstić information content (AvgIpc) is 3.36. The fourth-order valence-corrected chi connectivity index (χ4v) is 3.76. The molecule has 0 saturated carbocycles. The molecular formula is C20H16BrClF3N9O2. The summed E-state index contributed by atoms with van der Waals surface area (Å²) in [5, 5.41) is 26.2. The van der Waals surface area contributed by atoms with Crippen LogP contribution in [0.15, 0.2) is 51.9 Å². The Morgan fingerprint density at radius 1 is 1.22 bits per heavy atom. The third-order valence-electron chi connectivity index (χ3n) is 4.88. The molecule has 0 saturated heterocycles. The summed E-state index contributed by atoms with van der Waals surface area (Å²) in [6.07, 6.45) is -6.27. The van der Waals surface area contributed by atoms with E-state index in [1.807, 2.05) is 0 Å². The highest BCUT2D eigenvalue weighted by Crippen LogP contribution is 2.24. The van der Waals surface area contributed by atoms with Gasteiger partial charge in [-0.1, -0.05) is 11.6 Å². The minimum atomic E-state index is -4.95. The summed E-state index contributed by atoms with van der Waals surface area (Å²) < 4.78 is 42.4. The molecular weight excluding hydrogens is 571 g/mol. The van der Waals surface area contributed by atoms with Gasteiger partial charge in [-0.3, -0.25) is 9.98 Å². The van der Waals surface area contributed by atoms with Crippen LogP contribution in [0.2, 0.25) is 5.02 Å². The van der Waals surface area contributed by atoms with Crippen molar-refractivity contribution in [1.29, 1.82) is 5.41 Å². The fraction of sp³-hybridized carbons (Fsp3) is 0.200. The lowest BCUT2D eigenvalue weighted by Crippen LogP contribution is -2.37.